The van der Waals surface area contributed by atoms with Crippen molar-refractivity contribution in [2.24, 2.45) is 5.41 Å². The maximum Gasteiger partial charge on any atom is 0.289 e. The number of carbonyl (C=O) groups excluding carboxylic acids is 3. The molecule has 5 nitrogen and oxygen atoms in total. The van der Waals surface area contributed by atoms with Crippen molar-refractivity contribution < 1.29 is 14.4 Å². The van der Waals surface area contributed by atoms with Gasteiger partial charge in [-0.15, -0.1) is 0 Å². The summed E-state index contributed by atoms with van der Waals surface area (Å²) >= 11 is 1.05. The Balaban J connectivity index is 2.03. The first-order valence-corrected chi connectivity index (χ1v) is 7.07. The predicted molar refractivity (Wildman–Crippen MR) is 69.1 cm³/mol. The highest BCUT2D eigenvalue weighted by atomic mass is 32.2. The Morgan fingerprint density at radius 2 is 2.00 bits per heavy atom. The molecule has 0 aromatic rings. The Labute approximate surface area is 111 Å². The van der Waals surface area contributed by atoms with E-state index in [-0.39, 0.29) is 28.8 Å². The van der Waals surface area contributed by atoms with Crippen LogP contribution < -0.4 is 0 Å². The number of carbonyl (C=O) groups is 3. The summed E-state index contributed by atoms with van der Waals surface area (Å²) in [7, 11) is 0. The molecular formula is C12H18N2O3S. The summed E-state index contributed by atoms with van der Waals surface area (Å²) in [6.45, 7) is 6.75. The first-order chi connectivity index (χ1) is 8.30. The molecule has 3 amide bonds. The van der Waals surface area contributed by atoms with Crippen LogP contribution in [-0.4, -0.2) is 51.7 Å². The van der Waals surface area contributed by atoms with Gasteiger partial charge >= 0.3 is 0 Å². The molecule has 1 atom stereocenters. The topological polar surface area (TPSA) is 57.7 Å². The second-order valence-electron chi connectivity index (χ2n) is 5.76. The van der Waals surface area contributed by atoms with Crippen molar-refractivity contribution in [3.63, 3.8) is 0 Å². The predicted octanol–water partition coefficient (Wildman–Crippen LogP) is 1.33. The Kier molecular flexibility index (Phi) is 3.40. The Morgan fingerprint density at radius 3 is 2.50 bits per heavy atom. The lowest BCUT2D eigenvalue weighted by molar-refractivity contribution is -0.139. The normalized spacial score (nSPS) is 25.2. The largest absolute Gasteiger partial charge is 0.340 e. The summed E-state index contributed by atoms with van der Waals surface area (Å²) < 4.78 is 0. The highest BCUT2D eigenvalue weighted by Gasteiger charge is 2.41. The molecule has 0 aromatic heterocycles. The second-order valence-corrected chi connectivity index (χ2v) is 6.69. The van der Waals surface area contributed by atoms with Crippen LogP contribution in [0.1, 0.15) is 27.2 Å². The minimum absolute atomic E-state index is 0.0803. The van der Waals surface area contributed by atoms with Crippen molar-refractivity contribution in [2.75, 3.05) is 18.8 Å². The van der Waals surface area contributed by atoms with Gasteiger partial charge in [0.25, 0.3) is 5.24 Å². The molecule has 2 rings (SSSR count). The van der Waals surface area contributed by atoms with E-state index in [2.05, 4.69) is 0 Å². The number of nitrogens with zero attached hydrogens (tertiary/aromatic N) is 2. The minimum Gasteiger partial charge on any atom is -0.340 e. The van der Waals surface area contributed by atoms with E-state index in [0.29, 0.717) is 19.5 Å². The quantitative estimate of drug-likeness (QED) is 0.721. The molecule has 0 aliphatic carbocycles. The van der Waals surface area contributed by atoms with E-state index >= 15 is 0 Å². The molecule has 2 aliphatic rings. The molecular weight excluding hydrogens is 252 g/mol. The van der Waals surface area contributed by atoms with Crippen molar-refractivity contribution in [3.8, 4) is 0 Å². The maximum absolute atomic E-state index is 12.1. The summed E-state index contributed by atoms with van der Waals surface area (Å²) in [6.07, 6.45) is 0.694. The van der Waals surface area contributed by atoms with Gasteiger partial charge in [-0.25, -0.2) is 0 Å². The summed E-state index contributed by atoms with van der Waals surface area (Å²) in [5.41, 5.74) is -0.414. The number of hydrogen-bond donors (Lipinski definition) is 0. The summed E-state index contributed by atoms with van der Waals surface area (Å²) in [5.74, 6) is 0.194. The van der Waals surface area contributed by atoms with Crippen LogP contribution in [-0.2, 0) is 9.59 Å². The van der Waals surface area contributed by atoms with E-state index in [1.165, 1.54) is 4.90 Å². The van der Waals surface area contributed by atoms with Crippen LogP contribution in [0.25, 0.3) is 0 Å². The fourth-order valence-electron chi connectivity index (χ4n) is 2.33. The monoisotopic (exact) mass is 270 g/mol. The fraction of sp³-hybridized carbons (Fsp3) is 0.750. The zero-order valence-corrected chi connectivity index (χ0v) is 11.7. The van der Waals surface area contributed by atoms with Crippen LogP contribution in [0, 0.1) is 5.41 Å². The number of thioether (sulfide) groups is 1. The van der Waals surface area contributed by atoms with E-state index < -0.39 is 5.41 Å². The average molecular weight is 270 g/mol. The van der Waals surface area contributed by atoms with Gasteiger partial charge in [-0.3, -0.25) is 19.3 Å². The zero-order valence-electron chi connectivity index (χ0n) is 10.9. The van der Waals surface area contributed by atoms with Crippen molar-refractivity contribution in [3.05, 3.63) is 0 Å². The molecule has 0 aromatic carbocycles. The van der Waals surface area contributed by atoms with Gasteiger partial charge in [0.05, 0.1) is 11.8 Å². The van der Waals surface area contributed by atoms with Gasteiger partial charge in [-0.05, 0) is 6.42 Å². The van der Waals surface area contributed by atoms with E-state index in [9.17, 15) is 14.4 Å². The molecule has 100 valence electrons. The number of likely N-dealkylation sites (tertiary alicyclic amines) is 1. The summed E-state index contributed by atoms with van der Waals surface area (Å²) in [4.78, 5) is 38.5. The second kappa shape index (κ2) is 4.57. The zero-order chi connectivity index (χ0) is 13.5. The van der Waals surface area contributed by atoms with Gasteiger partial charge in [0.2, 0.25) is 11.8 Å². The lowest BCUT2D eigenvalue weighted by Gasteiger charge is -2.26. The SMILES string of the molecule is CC(C)(C)C(=O)N1CC[C@@H](N2C(=O)CSC2=O)C1. The van der Waals surface area contributed by atoms with Gasteiger partial charge in [0.15, 0.2) is 0 Å². The maximum atomic E-state index is 12.1. The third-order valence-electron chi connectivity index (χ3n) is 3.24. The number of rotatable bonds is 1. The van der Waals surface area contributed by atoms with Crippen molar-refractivity contribution in [1.29, 1.82) is 0 Å². The van der Waals surface area contributed by atoms with E-state index in [1.54, 1.807) is 4.90 Å². The van der Waals surface area contributed by atoms with Crippen molar-refractivity contribution in [2.45, 2.75) is 33.2 Å². The van der Waals surface area contributed by atoms with Crippen LogP contribution in [0.15, 0.2) is 0 Å². The molecule has 6 heteroatoms. The molecule has 0 saturated carbocycles. The van der Waals surface area contributed by atoms with Crippen LogP contribution in [0.3, 0.4) is 0 Å². The Bertz CT molecular complexity index is 387. The summed E-state index contributed by atoms with van der Waals surface area (Å²) in [5, 5.41) is -0.171. The average Bonchev–Trinajstić information content (AvgIpc) is 2.83. The minimum atomic E-state index is -0.414. The lowest BCUT2D eigenvalue weighted by atomic mass is 9.95. The molecule has 2 heterocycles. The molecule has 2 aliphatic heterocycles. The molecule has 2 saturated heterocycles. The Hall–Kier alpha value is -1.04. The smallest absolute Gasteiger partial charge is 0.289 e. The Morgan fingerprint density at radius 1 is 1.33 bits per heavy atom. The van der Waals surface area contributed by atoms with Crippen molar-refractivity contribution >= 4 is 28.8 Å². The van der Waals surface area contributed by atoms with Crippen LogP contribution in [0.4, 0.5) is 4.79 Å². The van der Waals surface area contributed by atoms with Gasteiger partial charge in [0, 0.05) is 18.5 Å². The van der Waals surface area contributed by atoms with E-state index in [0.717, 1.165) is 11.8 Å². The molecule has 0 radical (unpaired) electrons. The number of imide groups is 1. The summed E-state index contributed by atoms with van der Waals surface area (Å²) in [6, 6.07) is -0.133. The van der Waals surface area contributed by atoms with E-state index in [4.69, 9.17) is 0 Å². The number of amides is 3. The number of hydrogen-bond acceptors (Lipinski definition) is 4. The highest BCUT2D eigenvalue weighted by Crippen LogP contribution is 2.28. The first-order valence-electron chi connectivity index (χ1n) is 6.09. The van der Waals surface area contributed by atoms with Crippen LogP contribution >= 0.6 is 11.8 Å². The molecule has 0 N–H and O–H groups in total. The molecule has 0 spiro atoms. The third-order valence-corrected chi connectivity index (χ3v) is 4.08. The highest BCUT2D eigenvalue weighted by molar-refractivity contribution is 8.14. The lowest BCUT2D eigenvalue weighted by Crippen LogP contribution is -2.43. The van der Waals surface area contributed by atoms with Gasteiger partial charge in [-0.1, -0.05) is 32.5 Å². The molecule has 18 heavy (non-hydrogen) atoms. The molecule has 0 bridgehead atoms. The first kappa shape index (κ1) is 13.4. The molecule has 0 unspecified atom stereocenters. The van der Waals surface area contributed by atoms with Gasteiger partial charge in [0.1, 0.15) is 0 Å². The van der Waals surface area contributed by atoms with Gasteiger partial charge < -0.3 is 4.90 Å². The van der Waals surface area contributed by atoms with Gasteiger partial charge in [-0.2, -0.15) is 0 Å². The third kappa shape index (κ3) is 2.39. The standard InChI is InChI=1S/C12H18N2O3S/c1-12(2,3)10(16)13-5-4-8(6-13)14-9(15)7-18-11(14)17/h8H,4-7H2,1-3H3/t8-/m1/s1. The fourth-order valence-corrected chi connectivity index (χ4v) is 3.10. The van der Waals surface area contributed by atoms with Crippen molar-refractivity contribution in [1.82, 2.24) is 9.80 Å². The van der Waals surface area contributed by atoms with Crippen LogP contribution in [0.2, 0.25) is 0 Å². The van der Waals surface area contributed by atoms with Crippen LogP contribution in [0.5, 0.6) is 0 Å². The molecule has 2 fully saturated rings. The van der Waals surface area contributed by atoms with E-state index in [1.807, 2.05) is 20.8 Å².